The van der Waals surface area contributed by atoms with Crippen LogP contribution in [-0.2, 0) is 14.8 Å². The minimum atomic E-state index is -3.09. The summed E-state index contributed by atoms with van der Waals surface area (Å²) < 4.78 is 30.8. The monoisotopic (exact) mass is 250 g/mol. The Labute approximate surface area is 98.0 Å². The van der Waals surface area contributed by atoms with Gasteiger partial charge in [0.2, 0.25) is 10.0 Å². The van der Waals surface area contributed by atoms with E-state index in [1.165, 1.54) is 0 Å². The smallest absolute Gasteiger partial charge is 0.216 e. The van der Waals surface area contributed by atoms with Gasteiger partial charge in [0.25, 0.3) is 0 Å². The lowest BCUT2D eigenvalue weighted by atomic mass is 10.1. The number of sulfonamides is 1. The molecule has 0 bridgehead atoms. The SMILES string of the molecule is CC(C)S(=O)(=O)N1CCC(OCCN)CC1. The number of nitrogens with zero attached hydrogens (tertiary/aromatic N) is 1. The van der Waals surface area contributed by atoms with Crippen LogP contribution >= 0.6 is 0 Å². The Kier molecular flexibility index (Phi) is 5.17. The largest absolute Gasteiger partial charge is 0.377 e. The summed E-state index contributed by atoms with van der Waals surface area (Å²) in [5.74, 6) is 0. The summed E-state index contributed by atoms with van der Waals surface area (Å²) >= 11 is 0. The molecule has 5 nitrogen and oxygen atoms in total. The van der Waals surface area contributed by atoms with Gasteiger partial charge in [-0.3, -0.25) is 0 Å². The maximum absolute atomic E-state index is 11.9. The van der Waals surface area contributed by atoms with Crippen molar-refractivity contribution in [3.05, 3.63) is 0 Å². The van der Waals surface area contributed by atoms with E-state index in [9.17, 15) is 8.42 Å². The van der Waals surface area contributed by atoms with E-state index in [4.69, 9.17) is 10.5 Å². The molecule has 0 aliphatic carbocycles. The van der Waals surface area contributed by atoms with Crippen molar-refractivity contribution in [2.24, 2.45) is 5.73 Å². The zero-order chi connectivity index (χ0) is 12.2. The van der Waals surface area contributed by atoms with E-state index in [0.29, 0.717) is 26.2 Å². The number of ether oxygens (including phenoxy) is 1. The van der Waals surface area contributed by atoms with Gasteiger partial charge in [0.15, 0.2) is 0 Å². The maximum Gasteiger partial charge on any atom is 0.216 e. The average Bonchev–Trinajstić information content (AvgIpc) is 2.26. The summed E-state index contributed by atoms with van der Waals surface area (Å²) in [6, 6.07) is 0. The van der Waals surface area contributed by atoms with Crippen molar-refractivity contribution < 1.29 is 13.2 Å². The Morgan fingerprint density at radius 3 is 2.38 bits per heavy atom. The molecule has 1 heterocycles. The molecule has 0 aromatic heterocycles. The number of hydrogen-bond donors (Lipinski definition) is 1. The number of nitrogens with two attached hydrogens (primary N) is 1. The second kappa shape index (κ2) is 5.95. The van der Waals surface area contributed by atoms with Gasteiger partial charge in [-0.1, -0.05) is 0 Å². The van der Waals surface area contributed by atoms with Crippen LogP contribution in [0.15, 0.2) is 0 Å². The third-order valence-corrected chi connectivity index (χ3v) is 5.10. The third kappa shape index (κ3) is 3.41. The van der Waals surface area contributed by atoms with Crippen LogP contribution in [0.4, 0.5) is 0 Å². The summed E-state index contributed by atoms with van der Waals surface area (Å²) in [5, 5.41) is -0.339. The van der Waals surface area contributed by atoms with Gasteiger partial charge in [-0.2, -0.15) is 0 Å². The van der Waals surface area contributed by atoms with Crippen LogP contribution in [0, 0.1) is 0 Å². The fourth-order valence-corrected chi connectivity index (χ4v) is 3.10. The molecular weight excluding hydrogens is 228 g/mol. The summed E-state index contributed by atoms with van der Waals surface area (Å²) in [4.78, 5) is 0. The Bertz CT molecular complexity index is 295. The number of hydrogen-bond acceptors (Lipinski definition) is 4. The van der Waals surface area contributed by atoms with E-state index in [-0.39, 0.29) is 11.4 Å². The van der Waals surface area contributed by atoms with Gasteiger partial charge in [0.1, 0.15) is 0 Å². The molecule has 0 spiro atoms. The predicted molar refractivity (Wildman–Crippen MR) is 63.7 cm³/mol. The summed E-state index contributed by atoms with van der Waals surface area (Å²) in [5.41, 5.74) is 5.35. The fourth-order valence-electron chi connectivity index (χ4n) is 1.79. The van der Waals surface area contributed by atoms with E-state index < -0.39 is 10.0 Å². The van der Waals surface area contributed by atoms with Gasteiger partial charge >= 0.3 is 0 Å². The second-order valence-corrected chi connectivity index (χ2v) is 6.84. The van der Waals surface area contributed by atoms with Gasteiger partial charge in [-0.25, -0.2) is 12.7 Å². The van der Waals surface area contributed by atoms with Crippen LogP contribution < -0.4 is 5.73 Å². The molecule has 96 valence electrons. The molecule has 0 amide bonds. The van der Waals surface area contributed by atoms with E-state index in [0.717, 1.165) is 12.8 Å². The molecule has 0 aromatic carbocycles. The topological polar surface area (TPSA) is 72.6 Å². The lowest BCUT2D eigenvalue weighted by Crippen LogP contribution is -2.43. The first-order chi connectivity index (χ1) is 7.48. The molecule has 0 saturated carbocycles. The zero-order valence-corrected chi connectivity index (χ0v) is 10.9. The predicted octanol–water partition coefficient (Wildman–Crippen LogP) is 0.164. The maximum atomic E-state index is 11.9. The molecular formula is C10H22N2O3S. The number of rotatable bonds is 5. The van der Waals surface area contributed by atoms with Crippen LogP contribution in [0.3, 0.4) is 0 Å². The normalized spacial score (nSPS) is 20.5. The first kappa shape index (κ1) is 13.9. The highest BCUT2D eigenvalue weighted by Gasteiger charge is 2.30. The van der Waals surface area contributed by atoms with Crippen LogP contribution in [0.1, 0.15) is 26.7 Å². The Morgan fingerprint density at radius 2 is 1.94 bits per heavy atom. The quantitative estimate of drug-likeness (QED) is 0.754. The molecule has 0 radical (unpaired) electrons. The minimum absolute atomic E-state index is 0.169. The van der Waals surface area contributed by atoms with Crippen LogP contribution in [0.25, 0.3) is 0 Å². The molecule has 0 unspecified atom stereocenters. The molecule has 0 atom stereocenters. The summed E-state index contributed by atoms with van der Waals surface area (Å²) in [6.45, 7) is 5.64. The van der Waals surface area contributed by atoms with Crippen molar-refractivity contribution in [3.8, 4) is 0 Å². The third-order valence-electron chi connectivity index (χ3n) is 2.83. The van der Waals surface area contributed by atoms with E-state index >= 15 is 0 Å². The van der Waals surface area contributed by atoms with Crippen LogP contribution in [0.2, 0.25) is 0 Å². The van der Waals surface area contributed by atoms with Crippen molar-refractivity contribution in [2.75, 3.05) is 26.2 Å². The van der Waals surface area contributed by atoms with Gasteiger partial charge in [-0.15, -0.1) is 0 Å². The Balaban J connectivity index is 2.43. The van der Waals surface area contributed by atoms with Gasteiger partial charge in [0, 0.05) is 19.6 Å². The van der Waals surface area contributed by atoms with Crippen molar-refractivity contribution >= 4 is 10.0 Å². The molecule has 1 fully saturated rings. The van der Waals surface area contributed by atoms with E-state index in [2.05, 4.69) is 0 Å². The second-order valence-electron chi connectivity index (χ2n) is 4.35. The summed E-state index contributed by atoms with van der Waals surface area (Å²) in [6.07, 6.45) is 1.71. The Hall–Kier alpha value is -0.170. The average molecular weight is 250 g/mol. The van der Waals surface area contributed by atoms with Crippen molar-refractivity contribution in [2.45, 2.75) is 38.0 Å². The van der Waals surface area contributed by atoms with Crippen LogP contribution in [-0.4, -0.2) is 50.3 Å². The minimum Gasteiger partial charge on any atom is -0.377 e. The lowest BCUT2D eigenvalue weighted by Gasteiger charge is -2.32. The van der Waals surface area contributed by atoms with Crippen molar-refractivity contribution in [1.29, 1.82) is 0 Å². The molecule has 6 heteroatoms. The highest BCUT2D eigenvalue weighted by molar-refractivity contribution is 7.89. The molecule has 1 aliphatic heterocycles. The van der Waals surface area contributed by atoms with Crippen molar-refractivity contribution in [3.63, 3.8) is 0 Å². The van der Waals surface area contributed by atoms with Crippen molar-refractivity contribution in [1.82, 2.24) is 4.31 Å². The molecule has 0 aromatic rings. The number of piperidine rings is 1. The standard InChI is InChI=1S/C10H22N2O3S/c1-9(2)16(13,14)12-6-3-10(4-7-12)15-8-5-11/h9-10H,3-8,11H2,1-2H3. The zero-order valence-electron chi connectivity index (χ0n) is 10.1. The molecule has 1 aliphatic rings. The van der Waals surface area contributed by atoms with Gasteiger partial charge in [-0.05, 0) is 26.7 Å². The first-order valence-corrected chi connectivity index (χ1v) is 7.29. The van der Waals surface area contributed by atoms with Gasteiger partial charge < -0.3 is 10.5 Å². The van der Waals surface area contributed by atoms with Crippen LogP contribution in [0.5, 0.6) is 0 Å². The first-order valence-electron chi connectivity index (χ1n) is 5.79. The van der Waals surface area contributed by atoms with E-state index in [1.54, 1.807) is 18.2 Å². The lowest BCUT2D eigenvalue weighted by molar-refractivity contribution is 0.0256. The van der Waals surface area contributed by atoms with Gasteiger partial charge in [0.05, 0.1) is 18.0 Å². The molecule has 1 saturated heterocycles. The molecule has 2 N–H and O–H groups in total. The Morgan fingerprint density at radius 1 is 1.38 bits per heavy atom. The van der Waals surface area contributed by atoms with E-state index in [1.807, 2.05) is 0 Å². The molecule has 1 rings (SSSR count). The highest BCUT2D eigenvalue weighted by atomic mass is 32.2. The summed E-state index contributed by atoms with van der Waals surface area (Å²) in [7, 11) is -3.09. The highest BCUT2D eigenvalue weighted by Crippen LogP contribution is 2.18. The fraction of sp³-hybridized carbons (Fsp3) is 1.00. The molecule has 16 heavy (non-hydrogen) atoms.